The molecule has 3 rings (SSSR count). The summed E-state index contributed by atoms with van der Waals surface area (Å²) in [6, 6.07) is 1.58. The van der Waals surface area contributed by atoms with E-state index >= 15 is 0 Å². The number of aryl methyl sites for hydroxylation is 1. The number of hydroxylamine groups is 1. The number of nitrogens with one attached hydrogen (secondary N) is 1. The summed E-state index contributed by atoms with van der Waals surface area (Å²) in [7, 11) is -2.06. The van der Waals surface area contributed by atoms with Crippen molar-refractivity contribution in [3.05, 3.63) is 42.6 Å². The maximum absolute atomic E-state index is 12.4. The van der Waals surface area contributed by atoms with Crippen LogP contribution in [-0.4, -0.2) is 40.7 Å². The molecule has 0 radical (unpaired) electrons. The van der Waals surface area contributed by atoms with Gasteiger partial charge < -0.3 is 9.30 Å². The molecule has 1 amide bonds. The third-order valence-electron chi connectivity index (χ3n) is 3.77. The maximum atomic E-state index is 12.4. The number of hydrogen-bond acceptors (Lipinski definition) is 6. The lowest BCUT2D eigenvalue weighted by Crippen LogP contribution is -2.32. The first-order chi connectivity index (χ1) is 12.4. The van der Waals surface area contributed by atoms with Crippen molar-refractivity contribution in [2.24, 2.45) is 7.05 Å². The number of nitrogens with zero attached hydrogens (tertiary/aromatic N) is 3. The van der Waals surface area contributed by atoms with Gasteiger partial charge in [-0.3, -0.25) is 4.79 Å². The van der Waals surface area contributed by atoms with E-state index in [-0.39, 0.29) is 5.03 Å². The molecule has 1 aliphatic heterocycles. The summed E-state index contributed by atoms with van der Waals surface area (Å²) in [5.74, 6) is -0.459. The van der Waals surface area contributed by atoms with E-state index in [1.165, 1.54) is 37.1 Å². The fraction of sp³-hybridized carbons (Fsp3) is 0.375. The molecule has 0 saturated carbocycles. The summed E-state index contributed by atoms with van der Waals surface area (Å²) in [4.78, 5) is 20.8. The first kappa shape index (κ1) is 18.4. The minimum absolute atomic E-state index is 0.0512. The molecular formula is C16H20N4O5S. The zero-order valence-electron chi connectivity index (χ0n) is 14.2. The Kier molecular flexibility index (Phi) is 5.55. The van der Waals surface area contributed by atoms with Gasteiger partial charge in [0.15, 0.2) is 11.3 Å². The Morgan fingerprint density at radius 3 is 2.96 bits per heavy atom. The molecule has 1 unspecified atom stereocenters. The van der Waals surface area contributed by atoms with Crippen LogP contribution in [0.25, 0.3) is 6.08 Å². The van der Waals surface area contributed by atoms with Gasteiger partial charge in [0.1, 0.15) is 0 Å². The summed E-state index contributed by atoms with van der Waals surface area (Å²) < 4.78 is 32.8. The van der Waals surface area contributed by atoms with Crippen molar-refractivity contribution in [1.29, 1.82) is 0 Å². The first-order valence-electron chi connectivity index (χ1n) is 8.12. The molecule has 1 fully saturated rings. The van der Waals surface area contributed by atoms with Crippen molar-refractivity contribution in [3.63, 3.8) is 0 Å². The molecule has 26 heavy (non-hydrogen) atoms. The van der Waals surface area contributed by atoms with Crippen LogP contribution in [0.4, 0.5) is 0 Å². The summed E-state index contributed by atoms with van der Waals surface area (Å²) in [6.07, 6.45) is 10.7. The van der Waals surface area contributed by atoms with Crippen LogP contribution >= 0.6 is 0 Å². The average Bonchev–Trinajstić information content (AvgIpc) is 3.29. The highest BCUT2D eigenvalue weighted by Crippen LogP contribution is 2.14. The quantitative estimate of drug-likeness (QED) is 0.593. The third-order valence-corrected chi connectivity index (χ3v) is 5.29. The van der Waals surface area contributed by atoms with E-state index in [2.05, 4.69) is 10.5 Å². The van der Waals surface area contributed by atoms with Crippen LogP contribution in [0.15, 0.2) is 42.1 Å². The summed E-state index contributed by atoms with van der Waals surface area (Å²) >= 11 is 0. The van der Waals surface area contributed by atoms with Crippen molar-refractivity contribution in [3.8, 4) is 0 Å². The molecule has 0 spiro atoms. The number of imidazole rings is 1. The number of hydrogen-bond donors (Lipinski definition) is 1. The summed E-state index contributed by atoms with van der Waals surface area (Å²) in [6.45, 7) is 0.620. The Labute approximate surface area is 151 Å². The van der Waals surface area contributed by atoms with Crippen LogP contribution in [0.2, 0.25) is 0 Å². The zero-order chi connectivity index (χ0) is 18.6. The Hall–Kier alpha value is -2.43. The number of ether oxygens (including phenoxy) is 1. The lowest BCUT2D eigenvalue weighted by Gasteiger charge is -2.21. The van der Waals surface area contributed by atoms with E-state index in [0.29, 0.717) is 12.2 Å². The molecule has 0 aliphatic carbocycles. The molecule has 2 aromatic heterocycles. The standard InChI is InChI=1S/C16H20N4O5S/c1-19-11-15(17-12-19)26(22,23)20-8-7-13(10-20)5-6-14(21)18-25-16-4-2-3-9-24-16/h5-8,10-12,16H,2-4,9H2,1H3,(H,18,21). The molecule has 1 atom stereocenters. The second-order valence-corrected chi connectivity index (χ2v) is 7.66. The average molecular weight is 380 g/mol. The number of aromatic nitrogens is 3. The molecule has 0 aromatic carbocycles. The van der Waals surface area contributed by atoms with Crippen molar-refractivity contribution in [2.75, 3.05) is 6.61 Å². The van der Waals surface area contributed by atoms with Crippen LogP contribution in [-0.2, 0) is 31.4 Å². The van der Waals surface area contributed by atoms with E-state index in [1.54, 1.807) is 17.7 Å². The van der Waals surface area contributed by atoms with Crippen molar-refractivity contribution in [1.82, 2.24) is 19.0 Å². The Morgan fingerprint density at radius 1 is 1.42 bits per heavy atom. The van der Waals surface area contributed by atoms with E-state index < -0.39 is 22.2 Å². The molecule has 1 N–H and O–H groups in total. The number of carbonyl (C=O) groups excluding carboxylic acids is 1. The normalized spacial score (nSPS) is 18.3. The molecule has 9 nitrogen and oxygen atoms in total. The van der Waals surface area contributed by atoms with E-state index in [9.17, 15) is 13.2 Å². The topological polar surface area (TPSA) is 104 Å². The van der Waals surface area contributed by atoms with Crippen molar-refractivity contribution in [2.45, 2.75) is 30.6 Å². The number of amides is 1. The number of rotatable bonds is 6. The van der Waals surface area contributed by atoms with Gasteiger partial charge >= 0.3 is 0 Å². The fourth-order valence-corrected chi connectivity index (χ4v) is 3.58. The molecule has 1 aliphatic rings. The van der Waals surface area contributed by atoms with Gasteiger partial charge in [0, 0.05) is 44.7 Å². The maximum Gasteiger partial charge on any atom is 0.286 e. The molecule has 10 heteroatoms. The molecule has 140 valence electrons. The Bertz CT molecular complexity index is 893. The SMILES string of the molecule is Cn1cnc(S(=O)(=O)n2ccc(C=CC(=O)NOC3CCCCO3)c2)c1. The molecule has 1 saturated heterocycles. The van der Waals surface area contributed by atoms with Gasteiger partial charge in [-0.15, -0.1) is 0 Å². The minimum atomic E-state index is -3.75. The van der Waals surface area contributed by atoms with Gasteiger partial charge in [0.05, 0.1) is 6.33 Å². The van der Waals surface area contributed by atoms with Crippen LogP contribution in [0.5, 0.6) is 0 Å². The lowest BCUT2D eigenvalue weighted by molar-refractivity contribution is -0.198. The third kappa shape index (κ3) is 4.40. The highest BCUT2D eigenvalue weighted by atomic mass is 32.2. The lowest BCUT2D eigenvalue weighted by atomic mass is 10.2. The summed E-state index contributed by atoms with van der Waals surface area (Å²) in [5.41, 5.74) is 2.85. The van der Waals surface area contributed by atoms with Gasteiger partial charge in [-0.2, -0.15) is 8.42 Å². The monoisotopic (exact) mass is 380 g/mol. The Balaban J connectivity index is 1.59. The second-order valence-electron chi connectivity index (χ2n) is 5.87. The largest absolute Gasteiger partial charge is 0.350 e. The molecular weight excluding hydrogens is 360 g/mol. The van der Waals surface area contributed by atoms with Gasteiger partial charge in [-0.05, 0) is 30.5 Å². The van der Waals surface area contributed by atoms with E-state index in [4.69, 9.17) is 9.57 Å². The van der Waals surface area contributed by atoms with Gasteiger partial charge in [-0.1, -0.05) is 0 Å². The van der Waals surface area contributed by atoms with Gasteiger partial charge in [0.2, 0.25) is 0 Å². The van der Waals surface area contributed by atoms with Crippen LogP contribution < -0.4 is 5.48 Å². The van der Waals surface area contributed by atoms with Crippen LogP contribution in [0, 0.1) is 0 Å². The smallest absolute Gasteiger partial charge is 0.286 e. The van der Waals surface area contributed by atoms with E-state index in [0.717, 1.165) is 23.2 Å². The van der Waals surface area contributed by atoms with Crippen LogP contribution in [0.3, 0.4) is 0 Å². The van der Waals surface area contributed by atoms with Crippen LogP contribution in [0.1, 0.15) is 24.8 Å². The van der Waals surface area contributed by atoms with Crippen molar-refractivity contribution >= 4 is 22.0 Å². The Morgan fingerprint density at radius 2 is 2.27 bits per heavy atom. The van der Waals surface area contributed by atoms with Gasteiger partial charge in [0.25, 0.3) is 15.9 Å². The molecule has 2 aromatic rings. The predicted octanol–water partition coefficient (Wildman–Crippen LogP) is 1.05. The molecule has 0 bridgehead atoms. The van der Waals surface area contributed by atoms with Crippen molar-refractivity contribution < 1.29 is 22.8 Å². The zero-order valence-corrected chi connectivity index (χ0v) is 15.1. The fourth-order valence-electron chi connectivity index (χ4n) is 2.40. The first-order valence-corrected chi connectivity index (χ1v) is 9.56. The summed E-state index contributed by atoms with van der Waals surface area (Å²) in [5, 5.41) is -0.0512. The van der Waals surface area contributed by atoms with Gasteiger partial charge in [-0.25, -0.2) is 19.3 Å². The molecule has 3 heterocycles. The predicted molar refractivity (Wildman–Crippen MR) is 92.1 cm³/mol. The second kappa shape index (κ2) is 7.85. The highest BCUT2D eigenvalue weighted by Gasteiger charge is 2.19. The minimum Gasteiger partial charge on any atom is -0.350 e. The van der Waals surface area contributed by atoms with E-state index in [1.807, 2.05) is 0 Å². The number of carbonyl (C=O) groups is 1. The highest BCUT2D eigenvalue weighted by molar-refractivity contribution is 7.89.